The summed E-state index contributed by atoms with van der Waals surface area (Å²) in [6.45, 7) is 29.5. The maximum Gasteiger partial charge on any atom is 0.248 e. The van der Waals surface area contributed by atoms with Gasteiger partial charge in [-0.05, 0) is 122 Å². The number of benzene rings is 4. The molecule has 1 aromatic heterocycles. The molecule has 1 nitrogen and oxygen atoms in total. The Morgan fingerprint density at radius 3 is 1.90 bits per heavy atom. The molecule has 2 aliphatic carbocycles. The molecule has 0 spiro atoms. The van der Waals surface area contributed by atoms with Crippen molar-refractivity contribution < 1.29 is 0 Å². The number of nitrogens with zero attached hydrogens (tertiary/aromatic N) is 1. The molecule has 0 saturated heterocycles. The predicted octanol–water partition coefficient (Wildman–Crippen LogP) is 12.0. The minimum absolute atomic E-state index is 0.0271. The van der Waals surface area contributed by atoms with Gasteiger partial charge >= 0.3 is 0 Å². The fraction of sp³-hybridized carbons (Fsp3) is 0.429. The van der Waals surface area contributed by atoms with Crippen LogP contribution < -0.4 is 21.3 Å². The SMILES string of the molecule is Cc1cc2c(cc1N1c3cc(C(C)(C)C)ccc3B(c3cccc(-c4ccccc4)c3)c3c1sc1c3C(C)(C)CCC1(C)C)C(C)(C)CCC2(C)C. The van der Waals surface area contributed by atoms with Crippen LogP contribution in [0, 0.1) is 6.92 Å². The third-order valence-corrected chi connectivity index (χ3v) is 14.8. The number of hydrogen-bond acceptors (Lipinski definition) is 2. The van der Waals surface area contributed by atoms with Crippen LogP contribution in [0.25, 0.3) is 11.1 Å². The number of thiophene rings is 1. The van der Waals surface area contributed by atoms with Crippen LogP contribution in [-0.2, 0) is 27.1 Å². The Morgan fingerprint density at radius 2 is 1.23 bits per heavy atom. The fourth-order valence-corrected chi connectivity index (χ4v) is 11.3. The monoisotopic (exact) mass is 703 g/mol. The zero-order valence-electron chi connectivity index (χ0n) is 33.8. The Balaban J connectivity index is 1.48. The van der Waals surface area contributed by atoms with Crippen molar-refractivity contribution in [1.82, 2.24) is 0 Å². The van der Waals surface area contributed by atoms with Gasteiger partial charge in [0.2, 0.25) is 6.71 Å². The van der Waals surface area contributed by atoms with Crippen LogP contribution in [0.5, 0.6) is 0 Å². The highest BCUT2D eigenvalue weighted by Crippen LogP contribution is 2.55. The van der Waals surface area contributed by atoms with Gasteiger partial charge in [0, 0.05) is 10.6 Å². The largest absolute Gasteiger partial charge is 0.303 e. The highest BCUT2D eigenvalue weighted by molar-refractivity contribution is 7.20. The first-order valence-corrected chi connectivity index (χ1v) is 20.6. The van der Waals surface area contributed by atoms with E-state index in [9.17, 15) is 0 Å². The number of aryl methyl sites for hydroxylation is 1. The van der Waals surface area contributed by atoms with Crippen molar-refractivity contribution in [3.63, 3.8) is 0 Å². The molecule has 0 amide bonds. The molecule has 1 aliphatic heterocycles. The molecule has 0 unspecified atom stereocenters. The predicted molar refractivity (Wildman–Crippen MR) is 230 cm³/mol. The van der Waals surface area contributed by atoms with E-state index >= 15 is 0 Å². The second-order valence-corrected chi connectivity index (χ2v) is 21.0. The van der Waals surface area contributed by atoms with E-state index in [1.54, 1.807) is 10.4 Å². The molecule has 268 valence electrons. The zero-order chi connectivity index (χ0) is 37.2. The molecule has 0 atom stereocenters. The molecule has 2 heterocycles. The highest BCUT2D eigenvalue weighted by atomic mass is 32.1. The molecule has 0 fully saturated rings. The van der Waals surface area contributed by atoms with Gasteiger partial charge in [0.05, 0.1) is 10.7 Å². The standard InChI is InChI=1S/C49H58BNS/c1-31-27-36-37(47(7,8)24-23-46(36,5)6)30-39(31)51-40-29-34(45(2,3)4)21-22-38(40)50(35-20-16-19-33(28-35)32-17-14-13-15-18-32)42-41-43(52-44(42)51)49(11,12)26-25-48(41,9)10/h13-22,27-30H,23-26H2,1-12H3. The third kappa shape index (κ3) is 5.55. The van der Waals surface area contributed by atoms with Gasteiger partial charge < -0.3 is 4.90 Å². The number of anilines is 3. The van der Waals surface area contributed by atoms with E-state index < -0.39 is 0 Å². The summed E-state index contributed by atoms with van der Waals surface area (Å²) in [6, 6.07) is 33.0. The van der Waals surface area contributed by atoms with Crippen molar-refractivity contribution in [3.05, 3.63) is 118 Å². The minimum atomic E-state index is 0.0271. The molecule has 52 heavy (non-hydrogen) atoms. The van der Waals surface area contributed by atoms with Crippen molar-refractivity contribution in [2.75, 3.05) is 4.90 Å². The molecular weight excluding hydrogens is 645 g/mol. The summed E-state index contributed by atoms with van der Waals surface area (Å²) in [5.41, 5.74) is 17.5. The van der Waals surface area contributed by atoms with Crippen LogP contribution in [0.3, 0.4) is 0 Å². The minimum Gasteiger partial charge on any atom is -0.303 e. The number of hydrogen-bond donors (Lipinski definition) is 0. The Bertz CT molecular complexity index is 2210. The second-order valence-electron chi connectivity index (χ2n) is 20.0. The first kappa shape index (κ1) is 35.5. The van der Waals surface area contributed by atoms with Gasteiger partial charge in [-0.1, -0.05) is 154 Å². The van der Waals surface area contributed by atoms with Crippen LogP contribution in [0.1, 0.15) is 135 Å². The van der Waals surface area contributed by atoms with Crippen molar-refractivity contribution in [2.45, 2.75) is 136 Å². The molecule has 0 saturated carbocycles. The van der Waals surface area contributed by atoms with Crippen LogP contribution in [0.4, 0.5) is 16.4 Å². The lowest BCUT2D eigenvalue weighted by atomic mass is 9.34. The van der Waals surface area contributed by atoms with Crippen molar-refractivity contribution in [2.24, 2.45) is 0 Å². The molecule has 5 aromatic rings. The summed E-state index contributed by atoms with van der Waals surface area (Å²) >= 11 is 2.10. The lowest BCUT2D eigenvalue weighted by Gasteiger charge is -2.44. The second kappa shape index (κ2) is 11.7. The van der Waals surface area contributed by atoms with Gasteiger partial charge in [-0.2, -0.15) is 0 Å². The highest BCUT2D eigenvalue weighted by Gasteiger charge is 2.49. The summed E-state index contributed by atoms with van der Waals surface area (Å²) in [6.07, 6.45) is 4.84. The fourth-order valence-electron chi connectivity index (χ4n) is 9.66. The molecule has 0 radical (unpaired) electrons. The van der Waals surface area contributed by atoms with Gasteiger partial charge in [0.25, 0.3) is 0 Å². The maximum atomic E-state index is 2.74. The normalized spacial score (nSPS) is 19.4. The van der Waals surface area contributed by atoms with Crippen LogP contribution in [-0.4, -0.2) is 6.71 Å². The van der Waals surface area contributed by atoms with Crippen LogP contribution in [0.2, 0.25) is 0 Å². The van der Waals surface area contributed by atoms with Crippen molar-refractivity contribution in [3.8, 4) is 11.1 Å². The van der Waals surface area contributed by atoms with Gasteiger partial charge in [-0.15, -0.1) is 11.3 Å². The molecule has 8 rings (SSSR count). The summed E-state index contributed by atoms with van der Waals surface area (Å²) in [4.78, 5) is 4.32. The Morgan fingerprint density at radius 1 is 0.615 bits per heavy atom. The smallest absolute Gasteiger partial charge is 0.248 e. The Labute approximate surface area is 319 Å². The van der Waals surface area contributed by atoms with Gasteiger partial charge in [-0.25, -0.2) is 0 Å². The Kier molecular flexibility index (Phi) is 8.00. The number of fused-ring (bicyclic) bond motifs is 5. The first-order chi connectivity index (χ1) is 24.3. The zero-order valence-corrected chi connectivity index (χ0v) is 34.7. The molecule has 3 aliphatic rings. The van der Waals surface area contributed by atoms with E-state index in [4.69, 9.17) is 0 Å². The number of rotatable bonds is 3. The van der Waals surface area contributed by atoms with E-state index in [2.05, 4.69) is 184 Å². The van der Waals surface area contributed by atoms with Crippen LogP contribution in [0.15, 0.2) is 84.9 Å². The van der Waals surface area contributed by atoms with Crippen molar-refractivity contribution >= 4 is 50.8 Å². The quantitative estimate of drug-likeness (QED) is 0.166. The van der Waals surface area contributed by atoms with Crippen molar-refractivity contribution in [1.29, 1.82) is 0 Å². The summed E-state index contributed by atoms with van der Waals surface area (Å²) < 4.78 is 0. The summed E-state index contributed by atoms with van der Waals surface area (Å²) in [5, 5.41) is 1.43. The van der Waals surface area contributed by atoms with Crippen LogP contribution >= 0.6 is 11.3 Å². The van der Waals surface area contributed by atoms with E-state index in [0.717, 1.165) is 0 Å². The van der Waals surface area contributed by atoms with E-state index in [1.165, 1.54) is 91.8 Å². The average molecular weight is 704 g/mol. The first-order valence-electron chi connectivity index (χ1n) is 19.7. The summed E-state index contributed by atoms with van der Waals surface area (Å²) in [7, 11) is 0. The Hall–Kier alpha value is -3.56. The summed E-state index contributed by atoms with van der Waals surface area (Å²) in [5.74, 6) is 0. The molecule has 3 heteroatoms. The molecule has 4 aromatic carbocycles. The molecule has 0 bridgehead atoms. The topological polar surface area (TPSA) is 3.24 Å². The van der Waals surface area contributed by atoms with E-state index in [1.807, 2.05) is 0 Å². The van der Waals surface area contributed by atoms with E-state index in [0.29, 0.717) is 0 Å². The molecule has 0 N–H and O–H groups in total. The van der Waals surface area contributed by atoms with Gasteiger partial charge in [0.15, 0.2) is 0 Å². The van der Waals surface area contributed by atoms with E-state index in [-0.39, 0.29) is 33.8 Å². The average Bonchev–Trinajstić information content (AvgIpc) is 3.50. The lowest BCUT2D eigenvalue weighted by Crippen LogP contribution is -2.59. The van der Waals surface area contributed by atoms with Gasteiger partial charge in [0.1, 0.15) is 0 Å². The lowest BCUT2D eigenvalue weighted by molar-refractivity contribution is 0.332. The van der Waals surface area contributed by atoms with Gasteiger partial charge in [-0.3, -0.25) is 0 Å². The maximum absolute atomic E-state index is 2.74. The third-order valence-electron chi connectivity index (χ3n) is 13.3. The molecular formula is C49H58BNS.